The summed E-state index contributed by atoms with van der Waals surface area (Å²) in [6.45, 7) is 8.55. The Labute approximate surface area is 98.0 Å². The van der Waals surface area contributed by atoms with Crippen molar-refractivity contribution >= 4 is 6.03 Å². The van der Waals surface area contributed by atoms with E-state index in [9.17, 15) is 4.79 Å². The van der Waals surface area contributed by atoms with Gasteiger partial charge in [-0.15, -0.1) is 0 Å². The molecule has 92 valence electrons. The van der Waals surface area contributed by atoms with Gasteiger partial charge in [0.15, 0.2) is 0 Å². The number of hydrogen-bond donors (Lipinski definition) is 1. The van der Waals surface area contributed by atoms with E-state index < -0.39 is 0 Å². The average Bonchev–Trinajstić information content (AvgIpc) is 2.33. The summed E-state index contributed by atoms with van der Waals surface area (Å²) >= 11 is 0. The van der Waals surface area contributed by atoms with Crippen LogP contribution in [0.1, 0.15) is 26.2 Å². The smallest absolute Gasteiger partial charge is 0.317 e. The van der Waals surface area contributed by atoms with Crippen molar-refractivity contribution in [2.75, 3.05) is 39.3 Å². The van der Waals surface area contributed by atoms with Gasteiger partial charge in [0.1, 0.15) is 0 Å². The number of piperidine rings is 1. The standard InChI is InChI=1S/C12H23N3O/c1-2-14-8-4-11(5-9-14)10-15-7-3-6-13-12(15)16/h11H,2-10H2,1H3,(H,13,16). The van der Waals surface area contributed by atoms with Crippen molar-refractivity contribution in [2.45, 2.75) is 26.2 Å². The van der Waals surface area contributed by atoms with E-state index in [1.54, 1.807) is 0 Å². The molecule has 2 amide bonds. The van der Waals surface area contributed by atoms with Crippen LogP contribution in [0.15, 0.2) is 0 Å². The van der Waals surface area contributed by atoms with Crippen LogP contribution in [0.2, 0.25) is 0 Å². The number of carbonyl (C=O) groups is 1. The van der Waals surface area contributed by atoms with Gasteiger partial charge in [-0.1, -0.05) is 6.92 Å². The fraction of sp³-hybridized carbons (Fsp3) is 0.917. The highest BCUT2D eigenvalue weighted by molar-refractivity contribution is 5.74. The van der Waals surface area contributed by atoms with Crippen LogP contribution in [0.5, 0.6) is 0 Å². The molecular formula is C12H23N3O. The van der Waals surface area contributed by atoms with Crippen LogP contribution in [-0.4, -0.2) is 55.1 Å². The van der Waals surface area contributed by atoms with Crippen LogP contribution in [0.3, 0.4) is 0 Å². The zero-order chi connectivity index (χ0) is 11.4. The van der Waals surface area contributed by atoms with Crippen molar-refractivity contribution < 1.29 is 4.79 Å². The summed E-state index contributed by atoms with van der Waals surface area (Å²) in [4.78, 5) is 16.1. The van der Waals surface area contributed by atoms with Gasteiger partial charge in [-0.2, -0.15) is 0 Å². The number of amides is 2. The van der Waals surface area contributed by atoms with Gasteiger partial charge >= 0.3 is 6.03 Å². The number of urea groups is 1. The molecule has 0 saturated carbocycles. The van der Waals surface area contributed by atoms with E-state index in [0.717, 1.165) is 32.6 Å². The lowest BCUT2D eigenvalue weighted by molar-refractivity contribution is 0.141. The molecule has 2 heterocycles. The Morgan fingerprint density at radius 1 is 1.31 bits per heavy atom. The molecule has 16 heavy (non-hydrogen) atoms. The first-order chi connectivity index (χ1) is 7.79. The second kappa shape index (κ2) is 5.53. The maximum Gasteiger partial charge on any atom is 0.317 e. The van der Waals surface area contributed by atoms with E-state index in [1.807, 2.05) is 4.90 Å². The summed E-state index contributed by atoms with van der Waals surface area (Å²) in [5.74, 6) is 0.714. The Hall–Kier alpha value is -0.770. The predicted molar refractivity (Wildman–Crippen MR) is 64.4 cm³/mol. The largest absolute Gasteiger partial charge is 0.338 e. The molecule has 2 saturated heterocycles. The second-order valence-corrected chi connectivity index (χ2v) is 4.91. The molecule has 1 N–H and O–H groups in total. The maximum atomic E-state index is 11.6. The summed E-state index contributed by atoms with van der Waals surface area (Å²) in [5, 5.41) is 2.92. The van der Waals surface area contributed by atoms with Crippen molar-refractivity contribution in [1.29, 1.82) is 0 Å². The Kier molecular flexibility index (Phi) is 4.04. The summed E-state index contributed by atoms with van der Waals surface area (Å²) < 4.78 is 0. The lowest BCUT2D eigenvalue weighted by Crippen LogP contribution is -2.49. The van der Waals surface area contributed by atoms with Gasteiger partial charge in [-0.3, -0.25) is 0 Å². The van der Waals surface area contributed by atoms with E-state index >= 15 is 0 Å². The minimum Gasteiger partial charge on any atom is -0.338 e. The lowest BCUT2D eigenvalue weighted by Gasteiger charge is -2.35. The predicted octanol–water partition coefficient (Wildman–Crippen LogP) is 1.13. The van der Waals surface area contributed by atoms with Crippen LogP contribution in [0.25, 0.3) is 0 Å². The molecule has 4 nitrogen and oxygen atoms in total. The highest BCUT2D eigenvalue weighted by Crippen LogP contribution is 2.18. The first-order valence-corrected chi connectivity index (χ1v) is 6.54. The second-order valence-electron chi connectivity index (χ2n) is 4.91. The van der Waals surface area contributed by atoms with Crippen molar-refractivity contribution in [2.24, 2.45) is 5.92 Å². The quantitative estimate of drug-likeness (QED) is 0.781. The SMILES string of the molecule is CCN1CCC(CN2CCCNC2=O)CC1. The van der Waals surface area contributed by atoms with E-state index in [0.29, 0.717) is 5.92 Å². The first kappa shape index (κ1) is 11.7. The third kappa shape index (κ3) is 2.88. The molecular weight excluding hydrogens is 202 g/mol. The Morgan fingerprint density at radius 3 is 2.69 bits per heavy atom. The maximum absolute atomic E-state index is 11.6. The number of rotatable bonds is 3. The zero-order valence-electron chi connectivity index (χ0n) is 10.2. The molecule has 4 heteroatoms. The van der Waals surface area contributed by atoms with Gasteiger partial charge in [0.05, 0.1) is 0 Å². The number of nitrogens with one attached hydrogen (secondary N) is 1. The third-order valence-electron chi connectivity index (χ3n) is 3.80. The number of likely N-dealkylation sites (tertiary alicyclic amines) is 1. The summed E-state index contributed by atoms with van der Waals surface area (Å²) in [6.07, 6.45) is 3.59. The molecule has 2 fully saturated rings. The van der Waals surface area contributed by atoms with Crippen LogP contribution >= 0.6 is 0 Å². The molecule has 0 aliphatic carbocycles. The van der Waals surface area contributed by atoms with E-state index in [2.05, 4.69) is 17.1 Å². The molecule has 0 unspecified atom stereocenters. The summed E-state index contributed by atoms with van der Waals surface area (Å²) in [5.41, 5.74) is 0. The Balaban J connectivity index is 1.75. The highest BCUT2D eigenvalue weighted by atomic mass is 16.2. The Morgan fingerprint density at radius 2 is 2.06 bits per heavy atom. The normalized spacial score (nSPS) is 24.6. The number of carbonyl (C=O) groups excluding carboxylic acids is 1. The van der Waals surface area contributed by atoms with Crippen molar-refractivity contribution in [3.8, 4) is 0 Å². The molecule has 2 aliphatic heterocycles. The minimum atomic E-state index is 0.143. The van der Waals surface area contributed by atoms with E-state index in [4.69, 9.17) is 0 Å². The molecule has 0 aromatic carbocycles. The van der Waals surface area contributed by atoms with Crippen LogP contribution < -0.4 is 5.32 Å². The third-order valence-corrected chi connectivity index (χ3v) is 3.80. The van der Waals surface area contributed by atoms with E-state index in [-0.39, 0.29) is 6.03 Å². The molecule has 0 spiro atoms. The topological polar surface area (TPSA) is 35.6 Å². The molecule has 0 bridgehead atoms. The minimum absolute atomic E-state index is 0.143. The number of nitrogens with zero attached hydrogens (tertiary/aromatic N) is 2. The van der Waals surface area contributed by atoms with Gasteiger partial charge in [0.2, 0.25) is 0 Å². The van der Waals surface area contributed by atoms with Gasteiger partial charge in [-0.05, 0) is 44.8 Å². The monoisotopic (exact) mass is 225 g/mol. The van der Waals surface area contributed by atoms with Crippen LogP contribution in [0, 0.1) is 5.92 Å². The molecule has 0 atom stereocenters. The van der Waals surface area contributed by atoms with Crippen LogP contribution in [-0.2, 0) is 0 Å². The summed E-state index contributed by atoms with van der Waals surface area (Å²) in [6, 6.07) is 0.143. The average molecular weight is 225 g/mol. The fourth-order valence-corrected chi connectivity index (χ4v) is 2.65. The molecule has 0 aromatic heterocycles. The molecule has 2 rings (SSSR count). The molecule has 0 radical (unpaired) electrons. The zero-order valence-corrected chi connectivity index (χ0v) is 10.2. The molecule has 2 aliphatic rings. The Bertz CT molecular complexity index is 236. The van der Waals surface area contributed by atoms with Gasteiger partial charge < -0.3 is 15.1 Å². The highest BCUT2D eigenvalue weighted by Gasteiger charge is 2.24. The number of hydrogen-bond acceptors (Lipinski definition) is 2. The van der Waals surface area contributed by atoms with Gasteiger partial charge in [0, 0.05) is 19.6 Å². The lowest BCUT2D eigenvalue weighted by atomic mass is 9.96. The van der Waals surface area contributed by atoms with E-state index in [1.165, 1.54) is 25.9 Å². The van der Waals surface area contributed by atoms with Gasteiger partial charge in [0.25, 0.3) is 0 Å². The van der Waals surface area contributed by atoms with Crippen molar-refractivity contribution in [3.05, 3.63) is 0 Å². The first-order valence-electron chi connectivity index (χ1n) is 6.54. The van der Waals surface area contributed by atoms with Gasteiger partial charge in [-0.25, -0.2) is 4.79 Å². The van der Waals surface area contributed by atoms with Crippen molar-refractivity contribution in [3.63, 3.8) is 0 Å². The summed E-state index contributed by atoms with van der Waals surface area (Å²) in [7, 11) is 0. The fourth-order valence-electron chi connectivity index (χ4n) is 2.65. The molecule has 0 aromatic rings. The van der Waals surface area contributed by atoms with Crippen LogP contribution in [0.4, 0.5) is 4.79 Å². The van der Waals surface area contributed by atoms with Crippen molar-refractivity contribution in [1.82, 2.24) is 15.1 Å².